The Balaban J connectivity index is 2.55. The summed E-state index contributed by atoms with van der Waals surface area (Å²) in [6.07, 6.45) is 0. The number of aliphatic imine (C=N–C) groups is 1. The van der Waals surface area contributed by atoms with Crippen molar-refractivity contribution in [2.45, 2.75) is 39.3 Å². The molecule has 0 aliphatic rings. The average Bonchev–Trinajstić information content (AvgIpc) is 2.54. The summed E-state index contributed by atoms with van der Waals surface area (Å²) in [5.74, 6) is -0.859. The summed E-state index contributed by atoms with van der Waals surface area (Å²) in [6, 6.07) is 16.8. The zero-order valence-corrected chi connectivity index (χ0v) is 13.6. The fourth-order valence-corrected chi connectivity index (χ4v) is 2.05. The van der Waals surface area contributed by atoms with Crippen molar-refractivity contribution in [1.29, 1.82) is 0 Å². The summed E-state index contributed by atoms with van der Waals surface area (Å²) >= 11 is 0. The largest absolute Gasteiger partial charge is 0.458 e. The van der Waals surface area contributed by atoms with Crippen molar-refractivity contribution in [2.75, 3.05) is 0 Å². The molecule has 0 aliphatic heterocycles. The van der Waals surface area contributed by atoms with Gasteiger partial charge in [0.1, 0.15) is 11.6 Å². The molecule has 2 aromatic rings. The van der Waals surface area contributed by atoms with Crippen LogP contribution in [0.2, 0.25) is 0 Å². The van der Waals surface area contributed by atoms with E-state index in [1.807, 2.05) is 60.7 Å². The normalized spacial score (nSPS) is 14.8. The lowest BCUT2D eigenvalue weighted by atomic mass is 10.0. The molecule has 0 radical (unpaired) electrons. The Morgan fingerprint density at radius 3 is 1.87 bits per heavy atom. The average molecular weight is 312 g/mol. The fourth-order valence-electron chi connectivity index (χ4n) is 2.05. The molecule has 0 aliphatic carbocycles. The van der Waals surface area contributed by atoms with Gasteiger partial charge in [0, 0.05) is 15.2 Å². The van der Waals surface area contributed by atoms with Gasteiger partial charge in [-0.05, 0) is 27.6 Å². The second-order valence-electron chi connectivity index (χ2n) is 6.15. The van der Waals surface area contributed by atoms with Crippen LogP contribution in [-0.2, 0) is 9.53 Å². The summed E-state index contributed by atoms with van der Waals surface area (Å²) in [4.78, 5) is 16.9. The number of carbonyl (C=O) groups is 1. The van der Waals surface area contributed by atoms with Crippen LogP contribution in [-0.4, -0.2) is 23.3 Å². The monoisotopic (exact) mass is 312 g/mol. The highest BCUT2D eigenvalue weighted by atomic mass is 16.6. The highest BCUT2D eigenvalue weighted by molar-refractivity contribution is 6.13. The van der Waals surface area contributed by atoms with Crippen LogP contribution < -0.4 is 0 Å². The first kappa shape index (κ1) is 13.1. The lowest BCUT2D eigenvalue weighted by Crippen LogP contribution is -2.30. The summed E-state index contributed by atoms with van der Waals surface area (Å²) < 4.78 is 28.6. The SMILES string of the molecule is [2H]C([2H])([2H])C(N=C(c1ccccc1)c1ccccc1)C(=O)OC(C)(C)C. The topological polar surface area (TPSA) is 38.7 Å². The van der Waals surface area contributed by atoms with Gasteiger partial charge in [-0.1, -0.05) is 60.7 Å². The predicted molar refractivity (Wildman–Crippen MR) is 93.8 cm³/mol. The Hall–Kier alpha value is -2.42. The van der Waals surface area contributed by atoms with Gasteiger partial charge in [-0.2, -0.15) is 0 Å². The number of hydrogen-bond donors (Lipinski definition) is 0. The molecule has 0 saturated heterocycles. The molecule has 2 aromatic carbocycles. The Kier molecular flexibility index (Phi) is 4.10. The molecular formula is C20H23NO2. The predicted octanol–water partition coefficient (Wildman–Crippen LogP) is 4.25. The maximum absolute atomic E-state index is 12.5. The van der Waals surface area contributed by atoms with Gasteiger partial charge in [-0.3, -0.25) is 4.99 Å². The molecule has 120 valence electrons. The van der Waals surface area contributed by atoms with E-state index >= 15 is 0 Å². The van der Waals surface area contributed by atoms with Gasteiger partial charge in [0.15, 0.2) is 0 Å². The van der Waals surface area contributed by atoms with Crippen molar-refractivity contribution < 1.29 is 13.6 Å². The van der Waals surface area contributed by atoms with E-state index in [0.717, 1.165) is 11.1 Å². The van der Waals surface area contributed by atoms with E-state index in [1.54, 1.807) is 20.8 Å². The van der Waals surface area contributed by atoms with Gasteiger partial charge >= 0.3 is 5.97 Å². The van der Waals surface area contributed by atoms with Gasteiger partial charge in [0.05, 0.1) is 5.71 Å². The standard InChI is InChI=1S/C20H23NO2/c1-15(19(22)23-20(2,3)4)21-18(16-11-7-5-8-12-16)17-13-9-6-10-14-17/h5-15H,1-4H3/i1D3. The van der Waals surface area contributed by atoms with E-state index in [1.165, 1.54) is 0 Å². The van der Waals surface area contributed by atoms with E-state index in [9.17, 15) is 4.79 Å². The zero-order valence-electron chi connectivity index (χ0n) is 16.6. The quantitative estimate of drug-likeness (QED) is 0.625. The number of ether oxygens (including phenoxy) is 1. The summed E-state index contributed by atoms with van der Waals surface area (Å²) in [5.41, 5.74) is 1.11. The molecule has 0 saturated carbocycles. The van der Waals surface area contributed by atoms with Crippen molar-refractivity contribution in [1.82, 2.24) is 0 Å². The second-order valence-corrected chi connectivity index (χ2v) is 6.15. The molecule has 0 amide bonds. The molecule has 0 fully saturated rings. The molecule has 2 rings (SSSR count). The van der Waals surface area contributed by atoms with E-state index in [2.05, 4.69) is 4.99 Å². The molecule has 0 bridgehead atoms. The van der Waals surface area contributed by atoms with Crippen molar-refractivity contribution in [3.63, 3.8) is 0 Å². The van der Waals surface area contributed by atoms with Crippen LogP contribution in [0.3, 0.4) is 0 Å². The summed E-state index contributed by atoms with van der Waals surface area (Å²) in [7, 11) is 0. The highest BCUT2D eigenvalue weighted by Gasteiger charge is 2.22. The molecule has 1 atom stereocenters. The second kappa shape index (κ2) is 7.23. The molecule has 0 heterocycles. The van der Waals surface area contributed by atoms with Crippen LogP contribution >= 0.6 is 0 Å². The van der Waals surface area contributed by atoms with Crippen molar-refractivity contribution in [3.8, 4) is 0 Å². The Morgan fingerprint density at radius 1 is 1.00 bits per heavy atom. The number of esters is 1. The number of hydrogen-bond acceptors (Lipinski definition) is 3. The lowest BCUT2D eigenvalue weighted by Gasteiger charge is -2.21. The number of rotatable bonds is 4. The van der Waals surface area contributed by atoms with Gasteiger partial charge in [0.25, 0.3) is 0 Å². The van der Waals surface area contributed by atoms with Crippen LogP contribution in [0, 0.1) is 0 Å². The van der Waals surface area contributed by atoms with Crippen LogP contribution in [0.5, 0.6) is 0 Å². The van der Waals surface area contributed by atoms with E-state index in [-0.39, 0.29) is 0 Å². The summed E-state index contributed by atoms with van der Waals surface area (Å²) in [5, 5.41) is 0. The molecule has 23 heavy (non-hydrogen) atoms. The molecule has 3 nitrogen and oxygen atoms in total. The van der Waals surface area contributed by atoms with Crippen LogP contribution in [0.4, 0.5) is 0 Å². The van der Waals surface area contributed by atoms with Crippen molar-refractivity contribution in [3.05, 3.63) is 71.8 Å². The summed E-state index contributed by atoms with van der Waals surface area (Å²) in [6.45, 7) is 2.47. The minimum atomic E-state index is -2.61. The van der Waals surface area contributed by atoms with E-state index < -0.39 is 24.5 Å². The smallest absolute Gasteiger partial charge is 0.331 e. The minimum absolute atomic E-state index is 0.443. The molecular weight excluding hydrogens is 286 g/mol. The molecule has 0 spiro atoms. The van der Waals surface area contributed by atoms with Crippen molar-refractivity contribution in [2.24, 2.45) is 4.99 Å². The number of benzene rings is 2. The molecule has 1 unspecified atom stereocenters. The van der Waals surface area contributed by atoms with Crippen LogP contribution in [0.25, 0.3) is 0 Å². The Bertz CT molecular complexity index is 722. The van der Waals surface area contributed by atoms with Gasteiger partial charge in [0.2, 0.25) is 0 Å². The number of nitrogens with zero attached hydrogens (tertiary/aromatic N) is 1. The third-order valence-corrected chi connectivity index (χ3v) is 2.98. The number of carbonyl (C=O) groups excluding carboxylic acids is 1. The van der Waals surface area contributed by atoms with Gasteiger partial charge in [-0.25, -0.2) is 4.79 Å². The lowest BCUT2D eigenvalue weighted by molar-refractivity contribution is -0.155. The molecule has 3 heteroatoms. The highest BCUT2D eigenvalue weighted by Crippen LogP contribution is 2.14. The maximum Gasteiger partial charge on any atom is 0.331 e. The van der Waals surface area contributed by atoms with Crippen LogP contribution in [0.1, 0.15) is 42.9 Å². The van der Waals surface area contributed by atoms with E-state index in [4.69, 9.17) is 8.85 Å². The first-order chi connectivity index (χ1) is 12.1. The Morgan fingerprint density at radius 2 is 1.48 bits per heavy atom. The van der Waals surface area contributed by atoms with E-state index in [0.29, 0.717) is 5.71 Å². The third kappa shape index (κ3) is 5.06. The molecule has 0 N–H and O–H groups in total. The maximum atomic E-state index is 12.5. The first-order valence-corrected chi connectivity index (χ1v) is 7.49. The van der Waals surface area contributed by atoms with Crippen LogP contribution in [0.15, 0.2) is 65.7 Å². The van der Waals surface area contributed by atoms with Gasteiger partial charge < -0.3 is 4.74 Å². The fraction of sp³-hybridized carbons (Fsp3) is 0.300. The third-order valence-electron chi connectivity index (χ3n) is 2.98. The van der Waals surface area contributed by atoms with Crippen molar-refractivity contribution >= 4 is 11.7 Å². The first-order valence-electron chi connectivity index (χ1n) is 8.99. The zero-order chi connectivity index (χ0) is 19.4. The minimum Gasteiger partial charge on any atom is -0.458 e. The Labute approximate surface area is 142 Å². The van der Waals surface area contributed by atoms with Gasteiger partial charge in [-0.15, -0.1) is 0 Å². The molecule has 0 aromatic heterocycles.